The van der Waals surface area contributed by atoms with E-state index >= 15 is 0 Å². The van der Waals surface area contributed by atoms with Crippen LogP contribution in [-0.4, -0.2) is 4.98 Å². The number of rotatable bonds is 5. The third-order valence-corrected chi connectivity index (χ3v) is 3.49. The van der Waals surface area contributed by atoms with Gasteiger partial charge in [-0.15, -0.1) is 0 Å². The first-order chi connectivity index (χ1) is 8.69. The average Bonchev–Trinajstić information content (AvgIpc) is 2.80. The van der Waals surface area contributed by atoms with Gasteiger partial charge in [0, 0.05) is 17.4 Å². The Hall–Kier alpha value is -1.13. The first-order valence-electron chi connectivity index (χ1n) is 6.08. The van der Waals surface area contributed by atoms with Crippen molar-refractivity contribution in [1.29, 1.82) is 0 Å². The van der Waals surface area contributed by atoms with Gasteiger partial charge in [0.15, 0.2) is 0 Å². The molecule has 0 saturated heterocycles. The van der Waals surface area contributed by atoms with Crippen molar-refractivity contribution in [2.45, 2.75) is 33.4 Å². The summed E-state index contributed by atoms with van der Waals surface area (Å²) in [7, 11) is 0. The van der Waals surface area contributed by atoms with E-state index in [2.05, 4.69) is 58.3 Å². The van der Waals surface area contributed by atoms with E-state index in [0.717, 1.165) is 29.1 Å². The summed E-state index contributed by atoms with van der Waals surface area (Å²) in [6, 6.07) is 6.36. The summed E-state index contributed by atoms with van der Waals surface area (Å²) in [6.07, 6.45) is 2.68. The van der Waals surface area contributed by atoms with Crippen LogP contribution < -0.4 is 5.32 Å². The van der Waals surface area contributed by atoms with E-state index in [1.165, 1.54) is 11.1 Å². The zero-order valence-corrected chi connectivity index (χ0v) is 12.3. The second-order valence-electron chi connectivity index (χ2n) is 4.27. The molecule has 4 heteroatoms. The standard InChI is InChI=1S/C14H17BrN2O/c1-3-12-8-17-14(18-12)9-16-7-11-5-4-10(2)6-13(11)15/h4-6,8,16H,3,7,9H2,1-2H3. The molecular formula is C14H17BrN2O. The highest BCUT2D eigenvalue weighted by Crippen LogP contribution is 2.18. The number of hydrogen-bond acceptors (Lipinski definition) is 3. The number of aromatic nitrogens is 1. The van der Waals surface area contributed by atoms with Crippen molar-refractivity contribution in [3.05, 3.63) is 51.6 Å². The van der Waals surface area contributed by atoms with Gasteiger partial charge in [-0.05, 0) is 24.1 Å². The second kappa shape index (κ2) is 6.16. The van der Waals surface area contributed by atoms with Gasteiger partial charge in [0.05, 0.1) is 12.7 Å². The summed E-state index contributed by atoms with van der Waals surface area (Å²) in [4.78, 5) is 4.21. The number of halogens is 1. The van der Waals surface area contributed by atoms with E-state index in [9.17, 15) is 0 Å². The highest BCUT2D eigenvalue weighted by Gasteiger charge is 2.03. The van der Waals surface area contributed by atoms with E-state index in [1.54, 1.807) is 6.20 Å². The molecule has 96 valence electrons. The van der Waals surface area contributed by atoms with Crippen LogP contribution in [0.5, 0.6) is 0 Å². The molecule has 0 atom stereocenters. The molecule has 3 nitrogen and oxygen atoms in total. The van der Waals surface area contributed by atoms with Crippen molar-refractivity contribution in [2.24, 2.45) is 0 Å². The maximum absolute atomic E-state index is 5.53. The van der Waals surface area contributed by atoms with Crippen LogP contribution in [0.25, 0.3) is 0 Å². The number of benzene rings is 1. The maximum Gasteiger partial charge on any atom is 0.208 e. The molecule has 0 saturated carbocycles. The first-order valence-corrected chi connectivity index (χ1v) is 6.87. The minimum atomic E-state index is 0.653. The fraction of sp³-hybridized carbons (Fsp3) is 0.357. The molecule has 0 aliphatic heterocycles. The molecule has 1 heterocycles. The maximum atomic E-state index is 5.53. The Morgan fingerprint density at radius 3 is 2.83 bits per heavy atom. The molecular weight excluding hydrogens is 292 g/mol. The predicted molar refractivity (Wildman–Crippen MR) is 75.3 cm³/mol. The summed E-state index contributed by atoms with van der Waals surface area (Å²) >= 11 is 3.57. The normalized spacial score (nSPS) is 10.8. The van der Waals surface area contributed by atoms with Gasteiger partial charge in [0.2, 0.25) is 5.89 Å². The second-order valence-corrected chi connectivity index (χ2v) is 5.13. The van der Waals surface area contributed by atoms with Gasteiger partial charge in [0.25, 0.3) is 0 Å². The molecule has 0 unspecified atom stereocenters. The van der Waals surface area contributed by atoms with E-state index in [1.807, 2.05) is 0 Å². The smallest absolute Gasteiger partial charge is 0.208 e. The molecule has 0 amide bonds. The van der Waals surface area contributed by atoms with Crippen LogP contribution in [0.15, 0.2) is 33.3 Å². The molecule has 0 aliphatic carbocycles. The molecule has 1 aromatic heterocycles. The zero-order chi connectivity index (χ0) is 13.0. The van der Waals surface area contributed by atoms with Crippen LogP contribution in [0.3, 0.4) is 0 Å². The van der Waals surface area contributed by atoms with Crippen molar-refractivity contribution in [3.63, 3.8) is 0 Å². The Labute approximate surface area is 116 Å². The third kappa shape index (κ3) is 3.43. The Morgan fingerprint density at radius 1 is 1.33 bits per heavy atom. The first kappa shape index (κ1) is 13.3. The van der Waals surface area contributed by atoms with Crippen LogP contribution in [-0.2, 0) is 19.5 Å². The van der Waals surface area contributed by atoms with Crippen LogP contribution >= 0.6 is 15.9 Å². The molecule has 1 N–H and O–H groups in total. The lowest BCUT2D eigenvalue weighted by Gasteiger charge is -2.06. The highest BCUT2D eigenvalue weighted by atomic mass is 79.9. The van der Waals surface area contributed by atoms with Gasteiger partial charge < -0.3 is 9.73 Å². The van der Waals surface area contributed by atoms with E-state index in [0.29, 0.717) is 6.54 Å². The topological polar surface area (TPSA) is 38.1 Å². The molecule has 0 fully saturated rings. The van der Waals surface area contributed by atoms with Crippen LogP contribution in [0.4, 0.5) is 0 Å². The third-order valence-electron chi connectivity index (χ3n) is 2.75. The van der Waals surface area contributed by atoms with E-state index in [4.69, 9.17) is 4.42 Å². The lowest BCUT2D eigenvalue weighted by atomic mass is 10.1. The number of hydrogen-bond donors (Lipinski definition) is 1. The van der Waals surface area contributed by atoms with Crippen molar-refractivity contribution in [1.82, 2.24) is 10.3 Å². The number of oxazole rings is 1. The number of aryl methyl sites for hydroxylation is 2. The predicted octanol–water partition coefficient (Wildman–Crippen LogP) is 3.60. The molecule has 1 aromatic carbocycles. The number of nitrogens with one attached hydrogen (secondary N) is 1. The Kier molecular flexibility index (Phi) is 4.55. The van der Waals surface area contributed by atoms with Crippen LogP contribution in [0.1, 0.15) is 29.7 Å². The van der Waals surface area contributed by atoms with Crippen LogP contribution in [0, 0.1) is 6.92 Å². The molecule has 0 bridgehead atoms. The monoisotopic (exact) mass is 308 g/mol. The highest BCUT2D eigenvalue weighted by molar-refractivity contribution is 9.10. The zero-order valence-electron chi connectivity index (χ0n) is 10.7. The summed E-state index contributed by atoms with van der Waals surface area (Å²) in [6.45, 7) is 5.59. The Balaban J connectivity index is 1.88. The van der Waals surface area contributed by atoms with Crippen molar-refractivity contribution in [2.75, 3.05) is 0 Å². The lowest BCUT2D eigenvalue weighted by Crippen LogP contribution is -2.13. The molecule has 0 spiro atoms. The fourth-order valence-corrected chi connectivity index (χ4v) is 2.33. The Bertz CT molecular complexity index is 522. The minimum absolute atomic E-state index is 0.653. The van der Waals surface area contributed by atoms with Crippen molar-refractivity contribution >= 4 is 15.9 Å². The summed E-state index contributed by atoms with van der Waals surface area (Å²) in [5.74, 6) is 1.68. The van der Waals surface area contributed by atoms with Gasteiger partial charge >= 0.3 is 0 Å². The average molecular weight is 309 g/mol. The van der Waals surface area contributed by atoms with Gasteiger partial charge in [-0.3, -0.25) is 0 Å². The fourth-order valence-electron chi connectivity index (χ4n) is 1.69. The molecule has 18 heavy (non-hydrogen) atoms. The summed E-state index contributed by atoms with van der Waals surface area (Å²) in [5.41, 5.74) is 2.49. The minimum Gasteiger partial charge on any atom is -0.444 e. The van der Waals surface area contributed by atoms with Gasteiger partial charge in [-0.1, -0.05) is 35.0 Å². The largest absolute Gasteiger partial charge is 0.444 e. The van der Waals surface area contributed by atoms with Gasteiger partial charge in [-0.2, -0.15) is 0 Å². The van der Waals surface area contributed by atoms with Gasteiger partial charge in [-0.25, -0.2) is 4.98 Å². The Morgan fingerprint density at radius 2 is 2.17 bits per heavy atom. The summed E-state index contributed by atoms with van der Waals surface area (Å²) in [5, 5.41) is 3.33. The molecule has 2 rings (SSSR count). The van der Waals surface area contributed by atoms with E-state index < -0.39 is 0 Å². The molecule has 0 radical (unpaired) electrons. The van der Waals surface area contributed by atoms with Crippen molar-refractivity contribution < 1.29 is 4.42 Å². The van der Waals surface area contributed by atoms with Gasteiger partial charge in [0.1, 0.15) is 5.76 Å². The lowest BCUT2D eigenvalue weighted by molar-refractivity contribution is 0.439. The molecule has 2 aromatic rings. The molecule has 0 aliphatic rings. The number of nitrogens with zero attached hydrogens (tertiary/aromatic N) is 1. The van der Waals surface area contributed by atoms with Crippen LogP contribution in [0.2, 0.25) is 0 Å². The quantitative estimate of drug-likeness (QED) is 0.917. The summed E-state index contributed by atoms with van der Waals surface area (Å²) < 4.78 is 6.67. The van der Waals surface area contributed by atoms with E-state index in [-0.39, 0.29) is 0 Å². The SMILES string of the molecule is CCc1cnc(CNCc2ccc(C)cc2Br)o1. The van der Waals surface area contributed by atoms with Crippen molar-refractivity contribution in [3.8, 4) is 0 Å².